The van der Waals surface area contributed by atoms with Crippen LogP contribution in [-0.4, -0.2) is 40.4 Å². The molecule has 0 atom stereocenters. The number of thioether (sulfide) groups is 1. The molecule has 0 fully saturated rings. The predicted molar refractivity (Wildman–Crippen MR) is 115 cm³/mol. The molecular formula is C19H21ClN4O4S. The van der Waals surface area contributed by atoms with E-state index in [1.165, 1.54) is 26.0 Å². The molecule has 3 aromatic rings. The third-order valence-corrected chi connectivity index (χ3v) is 5.51. The second-order valence-electron chi connectivity index (χ2n) is 6.18. The number of halogens is 1. The van der Waals surface area contributed by atoms with Crippen molar-refractivity contribution in [2.45, 2.75) is 25.5 Å². The van der Waals surface area contributed by atoms with Gasteiger partial charge >= 0.3 is 0 Å². The van der Waals surface area contributed by atoms with Crippen LogP contribution in [0.1, 0.15) is 12.6 Å². The summed E-state index contributed by atoms with van der Waals surface area (Å²) in [6, 6.07) is 4.98. The fourth-order valence-corrected chi connectivity index (χ4v) is 3.98. The number of aromatic amines is 1. The highest BCUT2D eigenvalue weighted by atomic mass is 35.5. The van der Waals surface area contributed by atoms with Crippen LogP contribution in [0.15, 0.2) is 28.2 Å². The standard InChI is InChI=1S/C19H21ClN4O4S/c1-5-24-18(26)17-13(6-10(2)21-17)23-19(24)29-9-16(25)22-12-7-11(20)14(27-3)8-15(12)28-4/h6-8,21H,5,9H2,1-4H3,(H,22,25). The number of rotatable bonds is 7. The van der Waals surface area contributed by atoms with Gasteiger partial charge in [-0.25, -0.2) is 4.98 Å². The number of aryl methyl sites for hydroxylation is 1. The van der Waals surface area contributed by atoms with Gasteiger partial charge in [-0.1, -0.05) is 23.4 Å². The van der Waals surface area contributed by atoms with E-state index in [1.807, 2.05) is 19.9 Å². The summed E-state index contributed by atoms with van der Waals surface area (Å²) in [6.45, 7) is 4.18. The lowest BCUT2D eigenvalue weighted by atomic mass is 10.2. The molecule has 0 saturated carbocycles. The summed E-state index contributed by atoms with van der Waals surface area (Å²) in [5.41, 5.74) is 2.19. The smallest absolute Gasteiger partial charge is 0.278 e. The molecule has 154 valence electrons. The third kappa shape index (κ3) is 4.35. The third-order valence-electron chi connectivity index (χ3n) is 4.23. The summed E-state index contributed by atoms with van der Waals surface area (Å²) >= 11 is 7.33. The van der Waals surface area contributed by atoms with E-state index in [2.05, 4.69) is 15.3 Å². The monoisotopic (exact) mass is 436 g/mol. The minimum Gasteiger partial charge on any atom is -0.495 e. The van der Waals surface area contributed by atoms with Crippen molar-refractivity contribution in [3.05, 3.63) is 39.3 Å². The lowest BCUT2D eigenvalue weighted by Crippen LogP contribution is -2.23. The van der Waals surface area contributed by atoms with Crippen LogP contribution < -0.4 is 20.3 Å². The zero-order valence-electron chi connectivity index (χ0n) is 16.5. The molecule has 0 bridgehead atoms. The van der Waals surface area contributed by atoms with E-state index in [-0.39, 0.29) is 17.2 Å². The summed E-state index contributed by atoms with van der Waals surface area (Å²) in [6.07, 6.45) is 0. The second-order valence-corrected chi connectivity index (χ2v) is 7.53. The van der Waals surface area contributed by atoms with Crippen molar-refractivity contribution >= 4 is 46.0 Å². The average molecular weight is 437 g/mol. The topological polar surface area (TPSA) is 98.2 Å². The van der Waals surface area contributed by atoms with Crippen LogP contribution in [-0.2, 0) is 11.3 Å². The predicted octanol–water partition coefficient (Wildman–Crippen LogP) is 3.45. The Morgan fingerprint density at radius 2 is 2.00 bits per heavy atom. The number of methoxy groups -OCH3 is 2. The molecule has 29 heavy (non-hydrogen) atoms. The minimum atomic E-state index is -0.281. The van der Waals surface area contributed by atoms with Crippen LogP contribution in [0.5, 0.6) is 11.5 Å². The Bertz CT molecular complexity index is 1130. The maximum atomic E-state index is 12.6. The number of aromatic nitrogens is 3. The SMILES string of the molecule is CCn1c(SCC(=O)Nc2cc(Cl)c(OC)cc2OC)nc2cc(C)[nH]c2c1=O. The molecule has 0 spiro atoms. The van der Waals surface area contributed by atoms with Gasteiger partial charge in [-0.05, 0) is 26.0 Å². The Morgan fingerprint density at radius 3 is 2.66 bits per heavy atom. The number of H-pyrrole nitrogens is 1. The number of hydrogen-bond donors (Lipinski definition) is 2. The van der Waals surface area contributed by atoms with Crippen LogP contribution in [0.2, 0.25) is 5.02 Å². The number of anilines is 1. The molecule has 10 heteroatoms. The van der Waals surface area contributed by atoms with Crippen LogP contribution >= 0.6 is 23.4 Å². The second kappa shape index (κ2) is 8.79. The van der Waals surface area contributed by atoms with Gasteiger partial charge in [0.2, 0.25) is 5.91 Å². The molecule has 0 unspecified atom stereocenters. The molecule has 0 aliphatic heterocycles. The molecule has 0 aliphatic carbocycles. The molecule has 8 nitrogen and oxygen atoms in total. The van der Waals surface area contributed by atoms with Gasteiger partial charge in [0.25, 0.3) is 5.56 Å². The quantitative estimate of drug-likeness (QED) is 0.434. The van der Waals surface area contributed by atoms with Gasteiger partial charge in [-0.15, -0.1) is 0 Å². The summed E-state index contributed by atoms with van der Waals surface area (Å²) < 4.78 is 12.0. The number of carbonyl (C=O) groups excluding carboxylic acids is 1. The van der Waals surface area contributed by atoms with Crippen molar-refractivity contribution in [1.82, 2.24) is 14.5 Å². The number of fused-ring (bicyclic) bond motifs is 1. The fraction of sp³-hybridized carbons (Fsp3) is 0.316. The molecule has 0 saturated heterocycles. The van der Waals surface area contributed by atoms with Crippen LogP contribution in [0.3, 0.4) is 0 Å². The normalized spacial score (nSPS) is 10.9. The lowest BCUT2D eigenvalue weighted by Gasteiger charge is -2.13. The van der Waals surface area contributed by atoms with Gasteiger partial charge in [0.1, 0.15) is 17.0 Å². The number of ether oxygens (including phenoxy) is 2. The van der Waals surface area contributed by atoms with E-state index in [1.54, 1.807) is 16.7 Å². The van der Waals surface area contributed by atoms with Crippen molar-refractivity contribution in [3.8, 4) is 11.5 Å². The van der Waals surface area contributed by atoms with Crippen LogP contribution in [0.25, 0.3) is 11.0 Å². The minimum absolute atomic E-state index is 0.0636. The maximum Gasteiger partial charge on any atom is 0.278 e. The van der Waals surface area contributed by atoms with Gasteiger partial charge in [0.05, 0.1) is 36.2 Å². The van der Waals surface area contributed by atoms with E-state index in [0.29, 0.717) is 44.9 Å². The summed E-state index contributed by atoms with van der Waals surface area (Å²) in [4.78, 5) is 32.7. The molecule has 2 heterocycles. The molecule has 1 amide bonds. The maximum absolute atomic E-state index is 12.6. The molecular weight excluding hydrogens is 416 g/mol. The fourth-order valence-electron chi connectivity index (χ4n) is 2.87. The van der Waals surface area contributed by atoms with Crippen LogP contribution in [0, 0.1) is 6.92 Å². The molecule has 2 N–H and O–H groups in total. The zero-order valence-corrected chi connectivity index (χ0v) is 18.0. The summed E-state index contributed by atoms with van der Waals surface area (Å²) in [5.74, 6) is 0.657. The average Bonchev–Trinajstić information content (AvgIpc) is 3.07. The van der Waals surface area contributed by atoms with Gasteiger partial charge < -0.3 is 19.8 Å². The van der Waals surface area contributed by atoms with E-state index in [4.69, 9.17) is 21.1 Å². The van der Waals surface area contributed by atoms with Crippen LogP contribution in [0.4, 0.5) is 5.69 Å². The number of amides is 1. The molecule has 1 aromatic carbocycles. The Morgan fingerprint density at radius 1 is 1.28 bits per heavy atom. The molecule has 2 aromatic heterocycles. The zero-order chi connectivity index (χ0) is 21.1. The first-order valence-electron chi connectivity index (χ1n) is 8.82. The largest absolute Gasteiger partial charge is 0.495 e. The highest BCUT2D eigenvalue weighted by molar-refractivity contribution is 7.99. The first kappa shape index (κ1) is 21.1. The number of hydrogen-bond acceptors (Lipinski definition) is 6. The Labute approximate surface area is 176 Å². The van der Waals surface area contributed by atoms with E-state index in [0.717, 1.165) is 5.69 Å². The van der Waals surface area contributed by atoms with Crippen molar-refractivity contribution in [2.75, 3.05) is 25.3 Å². The van der Waals surface area contributed by atoms with Crippen molar-refractivity contribution < 1.29 is 14.3 Å². The van der Waals surface area contributed by atoms with Crippen molar-refractivity contribution in [1.29, 1.82) is 0 Å². The Balaban J connectivity index is 1.79. The Hall–Kier alpha value is -2.65. The first-order chi connectivity index (χ1) is 13.9. The van der Waals surface area contributed by atoms with Crippen molar-refractivity contribution in [2.24, 2.45) is 0 Å². The number of nitrogens with zero attached hydrogens (tertiary/aromatic N) is 2. The van der Waals surface area contributed by atoms with E-state index >= 15 is 0 Å². The highest BCUT2D eigenvalue weighted by Gasteiger charge is 2.16. The van der Waals surface area contributed by atoms with Gasteiger partial charge in [-0.2, -0.15) is 0 Å². The first-order valence-corrected chi connectivity index (χ1v) is 10.2. The lowest BCUT2D eigenvalue weighted by molar-refractivity contribution is -0.113. The van der Waals surface area contributed by atoms with E-state index < -0.39 is 0 Å². The van der Waals surface area contributed by atoms with Gasteiger partial charge in [0, 0.05) is 18.3 Å². The molecule has 3 rings (SSSR count). The number of carbonyl (C=O) groups is 1. The molecule has 0 radical (unpaired) electrons. The number of benzene rings is 1. The number of nitrogens with one attached hydrogen (secondary N) is 2. The summed E-state index contributed by atoms with van der Waals surface area (Å²) in [5, 5.41) is 3.61. The van der Waals surface area contributed by atoms with Gasteiger partial charge in [-0.3, -0.25) is 14.2 Å². The Kier molecular flexibility index (Phi) is 6.39. The van der Waals surface area contributed by atoms with Crippen molar-refractivity contribution in [3.63, 3.8) is 0 Å². The van der Waals surface area contributed by atoms with E-state index in [9.17, 15) is 9.59 Å². The van der Waals surface area contributed by atoms with Gasteiger partial charge in [0.15, 0.2) is 5.16 Å². The highest BCUT2D eigenvalue weighted by Crippen LogP contribution is 2.36. The molecule has 0 aliphatic rings. The summed E-state index contributed by atoms with van der Waals surface area (Å²) in [7, 11) is 2.99.